The predicted octanol–water partition coefficient (Wildman–Crippen LogP) is 2.31. The monoisotopic (exact) mass is 219 g/mol. The summed E-state index contributed by atoms with van der Waals surface area (Å²) in [6.07, 6.45) is 1.02. The average molecular weight is 219 g/mol. The number of aromatic hydroxyl groups is 1. The zero-order valence-electron chi connectivity index (χ0n) is 9.57. The van der Waals surface area contributed by atoms with Crippen LogP contribution in [0.5, 0.6) is 5.75 Å². The molecule has 0 saturated heterocycles. The minimum Gasteiger partial charge on any atom is -0.508 e. The molecule has 1 heterocycles. The van der Waals surface area contributed by atoms with Gasteiger partial charge in [-0.15, -0.1) is 0 Å². The minimum atomic E-state index is -0.0838. The molecule has 0 saturated carbocycles. The van der Waals surface area contributed by atoms with Crippen LogP contribution in [0.1, 0.15) is 32.1 Å². The molecule has 4 nitrogen and oxygen atoms in total. The number of nitrogens with zero attached hydrogens (tertiary/aromatic N) is 1. The summed E-state index contributed by atoms with van der Waals surface area (Å²) in [4.78, 5) is 7.59. The number of imidazole rings is 1. The first kappa shape index (κ1) is 11.0. The van der Waals surface area contributed by atoms with Crippen molar-refractivity contribution >= 4 is 11.0 Å². The third-order valence-electron chi connectivity index (χ3n) is 3.06. The van der Waals surface area contributed by atoms with Crippen molar-refractivity contribution < 1.29 is 5.11 Å². The second kappa shape index (κ2) is 4.14. The Hall–Kier alpha value is -1.55. The Bertz CT molecular complexity index is 492. The molecule has 1 aromatic heterocycles. The van der Waals surface area contributed by atoms with Crippen LogP contribution in [0, 0.1) is 5.92 Å². The smallest absolute Gasteiger partial charge is 0.124 e. The summed E-state index contributed by atoms with van der Waals surface area (Å²) in [7, 11) is 0. The number of rotatable bonds is 3. The predicted molar refractivity (Wildman–Crippen MR) is 64.1 cm³/mol. The number of H-pyrrole nitrogens is 1. The maximum absolute atomic E-state index is 9.35. The molecule has 1 aromatic carbocycles. The molecule has 0 aliphatic rings. The van der Waals surface area contributed by atoms with Crippen molar-refractivity contribution in [2.75, 3.05) is 0 Å². The van der Waals surface area contributed by atoms with Gasteiger partial charge in [-0.25, -0.2) is 4.98 Å². The van der Waals surface area contributed by atoms with Gasteiger partial charge in [-0.3, -0.25) is 0 Å². The van der Waals surface area contributed by atoms with Gasteiger partial charge < -0.3 is 15.8 Å². The molecule has 0 radical (unpaired) electrons. The fraction of sp³-hybridized carbons (Fsp3) is 0.417. The van der Waals surface area contributed by atoms with Crippen molar-refractivity contribution in [1.82, 2.24) is 9.97 Å². The van der Waals surface area contributed by atoms with Gasteiger partial charge in [-0.2, -0.15) is 0 Å². The molecular weight excluding hydrogens is 202 g/mol. The van der Waals surface area contributed by atoms with Gasteiger partial charge in [0.05, 0.1) is 17.1 Å². The number of aromatic nitrogens is 2. The van der Waals surface area contributed by atoms with Crippen molar-refractivity contribution in [2.45, 2.75) is 26.3 Å². The van der Waals surface area contributed by atoms with Crippen LogP contribution in [0.25, 0.3) is 11.0 Å². The molecule has 86 valence electrons. The lowest BCUT2D eigenvalue weighted by Crippen LogP contribution is -2.19. The van der Waals surface area contributed by atoms with Gasteiger partial charge in [0.1, 0.15) is 11.6 Å². The number of nitrogens with one attached hydrogen (secondary N) is 1. The lowest BCUT2D eigenvalue weighted by Gasteiger charge is -2.15. The van der Waals surface area contributed by atoms with E-state index in [4.69, 9.17) is 5.73 Å². The Labute approximate surface area is 94.5 Å². The number of phenolic OH excluding ortho intramolecular Hbond substituents is 1. The molecule has 0 spiro atoms. The van der Waals surface area contributed by atoms with Gasteiger partial charge in [-0.1, -0.05) is 20.3 Å². The first-order valence-corrected chi connectivity index (χ1v) is 5.56. The number of hydrogen-bond acceptors (Lipinski definition) is 3. The maximum atomic E-state index is 9.35. The molecule has 0 bridgehead atoms. The third kappa shape index (κ3) is 1.88. The quantitative estimate of drug-likeness (QED) is 0.741. The molecule has 0 aliphatic heterocycles. The highest BCUT2D eigenvalue weighted by Crippen LogP contribution is 2.23. The van der Waals surface area contributed by atoms with E-state index in [-0.39, 0.29) is 11.8 Å². The summed E-state index contributed by atoms with van der Waals surface area (Å²) in [6, 6.07) is 4.99. The molecular formula is C12H17N3O. The van der Waals surface area contributed by atoms with Gasteiger partial charge in [0, 0.05) is 6.07 Å². The number of phenols is 1. The molecule has 16 heavy (non-hydrogen) atoms. The zero-order valence-corrected chi connectivity index (χ0v) is 9.57. The summed E-state index contributed by atoms with van der Waals surface area (Å²) in [6.45, 7) is 4.22. The highest BCUT2D eigenvalue weighted by atomic mass is 16.3. The molecule has 2 aromatic rings. The van der Waals surface area contributed by atoms with Crippen LogP contribution in [0.2, 0.25) is 0 Å². The second-order valence-corrected chi connectivity index (χ2v) is 4.23. The van der Waals surface area contributed by atoms with Gasteiger partial charge in [0.2, 0.25) is 0 Å². The van der Waals surface area contributed by atoms with E-state index in [2.05, 4.69) is 23.8 Å². The number of nitrogens with two attached hydrogens (primary N) is 1. The van der Waals surface area contributed by atoms with E-state index < -0.39 is 0 Å². The van der Waals surface area contributed by atoms with Gasteiger partial charge in [0.25, 0.3) is 0 Å². The summed E-state index contributed by atoms with van der Waals surface area (Å²) in [5, 5.41) is 9.35. The van der Waals surface area contributed by atoms with Crippen LogP contribution in [-0.2, 0) is 0 Å². The summed E-state index contributed by atoms with van der Waals surface area (Å²) < 4.78 is 0. The Balaban J connectivity index is 2.39. The average Bonchev–Trinajstić information content (AvgIpc) is 2.69. The van der Waals surface area contributed by atoms with E-state index in [0.29, 0.717) is 5.92 Å². The molecule has 2 atom stereocenters. The Morgan fingerprint density at radius 1 is 1.50 bits per heavy atom. The minimum absolute atomic E-state index is 0.0838. The molecule has 0 aliphatic carbocycles. The Morgan fingerprint density at radius 3 is 2.94 bits per heavy atom. The third-order valence-corrected chi connectivity index (χ3v) is 3.06. The largest absolute Gasteiger partial charge is 0.508 e. The van der Waals surface area contributed by atoms with Crippen molar-refractivity contribution in [3.05, 3.63) is 24.0 Å². The van der Waals surface area contributed by atoms with E-state index in [1.54, 1.807) is 18.2 Å². The van der Waals surface area contributed by atoms with E-state index in [9.17, 15) is 5.11 Å². The van der Waals surface area contributed by atoms with Crippen LogP contribution in [0.15, 0.2) is 18.2 Å². The normalized spacial score (nSPS) is 15.2. The van der Waals surface area contributed by atoms with Gasteiger partial charge in [-0.05, 0) is 18.1 Å². The molecule has 4 heteroatoms. The topological polar surface area (TPSA) is 74.9 Å². The van der Waals surface area contributed by atoms with Crippen LogP contribution >= 0.6 is 0 Å². The lowest BCUT2D eigenvalue weighted by atomic mass is 10.00. The van der Waals surface area contributed by atoms with E-state index in [0.717, 1.165) is 23.3 Å². The van der Waals surface area contributed by atoms with Gasteiger partial charge in [0.15, 0.2) is 0 Å². The molecule has 2 rings (SSSR count). The summed E-state index contributed by atoms with van der Waals surface area (Å²) in [5.74, 6) is 1.41. The standard InChI is InChI=1S/C12H17N3O/c1-3-7(2)11(13)12-14-9-5-4-8(16)6-10(9)15-12/h4-7,11,16H,3,13H2,1-2H3,(H,14,15). The van der Waals surface area contributed by atoms with Crippen LogP contribution in [0.3, 0.4) is 0 Å². The number of aromatic amines is 1. The fourth-order valence-corrected chi connectivity index (χ4v) is 1.70. The highest BCUT2D eigenvalue weighted by Gasteiger charge is 2.16. The second-order valence-electron chi connectivity index (χ2n) is 4.23. The number of benzene rings is 1. The van der Waals surface area contributed by atoms with E-state index >= 15 is 0 Å². The lowest BCUT2D eigenvalue weighted by molar-refractivity contribution is 0.442. The SMILES string of the molecule is CCC(C)C(N)c1nc2ccc(O)cc2[nH]1. The van der Waals surface area contributed by atoms with Crippen LogP contribution in [0.4, 0.5) is 0 Å². The van der Waals surface area contributed by atoms with Gasteiger partial charge >= 0.3 is 0 Å². The zero-order chi connectivity index (χ0) is 11.7. The molecule has 2 unspecified atom stereocenters. The Morgan fingerprint density at radius 2 is 2.25 bits per heavy atom. The fourth-order valence-electron chi connectivity index (χ4n) is 1.70. The first-order valence-electron chi connectivity index (χ1n) is 5.56. The highest BCUT2D eigenvalue weighted by molar-refractivity contribution is 5.76. The first-order chi connectivity index (χ1) is 7.61. The molecule has 0 amide bonds. The Kier molecular flexibility index (Phi) is 2.83. The summed E-state index contributed by atoms with van der Waals surface area (Å²) in [5.41, 5.74) is 7.76. The van der Waals surface area contributed by atoms with Crippen molar-refractivity contribution in [2.24, 2.45) is 11.7 Å². The molecule has 0 fully saturated rings. The van der Waals surface area contributed by atoms with Crippen molar-refractivity contribution in [3.8, 4) is 5.75 Å². The van der Waals surface area contributed by atoms with E-state index in [1.807, 2.05) is 0 Å². The number of hydrogen-bond donors (Lipinski definition) is 3. The van der Waals surface area contributed by atoms with Crippen molar-refractivity contribution in [3.63, 3.8) is 0 Å². The maximum Gasteiger partial charge on any atom is 0.124 e. The van der Waals surface area contributed by atoms with Crippen LogP contribution < -0.4 is 5.73 Å². The van der Waals surface area contributed by atoms with Crippen LogP contribution in [-0.4, -0.2) is 15.1 Å². The van der Waals surface area contributed by atoms with Crippen molar-refractivity contribution in [1.29, 1.82) is 0 Å². The molecule has 4 N–H and O–H groups in total. The van der Waals surface area contributed by atoms with E-state index in [1.165, 1.54) is 0 Å². The number of fused-ring (bicyclic) bond motifs is 1. The summed E-state index contributed by atoms with van der Waals surface area (Å²) >= 11 is 0.